The average Bonchev–Trinajstić information content (AvgIpc) is 2.60. The maximum atomic E-state index is 11.5. The van der Waals surface area contributed by atoms with Crippen LogP contribution in [0.5, 0.6) is 0 Å². The number of thioether (sulfide) groups is 1. The topological polar surface area (TPSA) is 38.3 Å². The standard InChI is InChI=1S/C16H25NO2S.C4H10/c1-4-16(2,3)20-12-8-11-17-15(18)19-13-14-9-6-5-7-10-14;1-3-4-2/h5-7,9-10H,4,8,11-13H2,1-3H3,(H,17,18);3-4H2,1-2H3. The number of benzene rings is 1. The van der Waals surface area contributed by atoms with E-state index in [1.165, 1.54) is 12.8 Å². The van der Waals surface area contributed by atoms with Crippen molar-refractivity contribution in [3.8, 4) is 0 Å². The summed E-state index contributed by atoms with van der Waals surface area (Å²) in [5, 5.41) is 2.78. The normalized spacial score (nSPS) is 10.5. The lowest BCUT2D eigenvalue weighted by molar-refractivity contribution is 0.139. The number of nitrogens with one attached hydrogen (secondary N) is 1. The highest BCUT2D eigenvalue weighted by Gasteiger charge is 2.14. The van der Waals surface area contributed by atoms with E-state index in [0.29, 0.717) is 17.9 Å². The molecule has 3 nitrogen and oxygen atoms in total. The molecule has 0 aliphatic carbocycles. The van der Waals surface area contributed by atoms with Crippen LogP contribution in [0.15, 0.2) is 30.3 Å². The SMILES string of the molecule is CCC(C)(C)SCCCNC(=O)OCc1ccccc1.CCCC. The zero-order valence-corrected chi connectivity index (χ0v) is 16.9. The monoisotopic (exact) mass is 353 g/mol. The van der Waals surface area contributed by atoms with E-state index in [-0.39, 0.29) is 6.09 Å². The molecular formula is C20H35NO2S. The Hall–Kier alpha value is -1.16. The Kier molecular flexibility index (Phi) is 13.5. The lowest BCUT2D eigenvalue weighted by Crippen LogP contribution is -2.26. The zero-order chi connectivity index (χ0) is 18.3. The highest BCUT2D eigenvalue weighted by Crippen LogP contribution is 2.27. The van der Waals surface area contributed by atoms with Gasteiger partial charge in [-0.15, -0.1) is 0 Å². The van der Waals surface area contributed by atoms with E-state index in [4.69, 9.17) is 4.74 Å². The molecule has 0 saturated carbocycles. The Bertz CT molecular complexity index is 419. The van der Waals surface area contributed by atoms with E-state index in [9.17, 15) is 4.79 Å². The van der Waals surface area contributed by atoms with Crippen molar-refractivity contribution >= 4 is 17.9 Å². The van der Waals surface area contributed by atoms with Gasteiger partial charge in [0.25, 0.3) is 0 Å². The number of amides is 1. The molecule has 0 aliphatic heterocycles. The minimum absolute atomic E-state index is 0.324. The molecule has 0 bridgehead atoms. The molecule has 0 aromatic heterocycles. The van der Waals surface area contributed by atoms with Crippen LogP contribution in [0.25, 0.3) is 0 Å². The minimum Gasteiger partial charge on any atom is -0.445 e. The number of hydrogen-bond donors (Lipinski definition) is 1. The molecule has 0 heterocycles. The molecule has 1 N–H and O–H groups in total. The summed E-state index contributed by atoms with van der Waals surface area (Å²) >= 11 is 1.95. The molecular weight excluding hydrogens is 318 g/mol. The van der Waals surface area contributed by atoms with Crippen molar-refractivity contribution in [3.05, 3.63) is 35.9 Å². The van der Waals surface area contributed by atoms with Crippen molar-refractivity contribution < 1.29 is 9.53 Å². The summed E-state index contributed by atoms with van der Waals surface area (Å²) in [5.41, 5.74) is 1.00. The Morgan fingerprint density at radius 1 is 1.12 bits per heavy atom. The van der Waals surface area contributed by atoms with Crippen molar-refractivity contribution in [3.63, 3.8) is 0 Å². The highest BCUT2D eigenvalue weighted by molar-refractivity contribution is 8.00. The van der Waals surface area contributed by atoms with Gasteiger partial charge in [-0.3, -0.25) is 0 Å². The molecule has 24 heavy (non-hydrogen) atoms. The fourth-order valence-electron chi connectivity index (χ4n) is 1.49. The number of alkyl carbamates (subject to hydrolysis) is 1. The van der Waals surface area contributed by atoms with Crippen molar-refractivity contribution in [1.29, 1.82) is 0 Å². The molecule has 138 valence electrons. The van der Waals surface area contributed by atoms with Crippen LogP contribution in [0.2, 0.25) is 0 Å². The number of carbonyl (C=O) groups excluding carboxylic acids is 1. The largest absolute Gasteiger partial charge is 0.445 e. The summed E-state index contributed by atoms with van der Waals surface area (Å²) in [6, 6.07) is 9.69. The van der Waals surface area contributed by atoms with Crippen molar-refractivity contribution in [2.45, 2.75) is 71.7 Å². The number of ether oxygens (including phenoxy) is 1. The van der Waals surface area contributed by atoms with E-state index in [1.807, 2.05) is 42.1 Å². The lowest BCUT2D eigenvalue weighted by Gasteiger charge is -2.21. The summed E-state index contributed by atoms with van der Waals surface area (Å²) < 4.78 is 5.47. The second-order valence-corrected chi connectivity index (χ2v) is 8.11. The molecule has 0 unspecified atom stereocenters. The molecule has 1 rings (SSSR count). The number of hydrogen-bond acceptors (Lipinski definition) is 3. The maximum Gasteiger partial charge on any atom is 0.407 e. The Balaban J connectivity index is 0.00000118. The maximum absolute atomic E-state index is 11.5. The van der Waals surface area contributed by atoms with Gasteiger partial charge in [0.15, 0.2) is 0 Å². The second-order valence-electron chi connectivity index (χ2n) is 6.30. The second kappa shape index (κ2) is 14.2. The van der Waals surface area contributed by atoms with Crippen LogP contribution in [0.4, 0.5) is 4.79 Å². The molecule has 0 atom stereocenters. The Labute approximate surface area is 152 Å². The van der Waals surface area contributed by atoms with Crippen LogP contribution < -0.4 is 5.32 Å². The number of carbonyl (C=O) groups is 1. The predicted octanol–water partition coefficient (Wildman–Crippen LogP) is 6.03. The summed E-state index contributed by atoms with van der Waals surface area (Å²) in [5.74, 6) is 1.06. The van der Waals surface area contributed by atoms with Crippen molar-refractivity contribution in [2.75, 3.05) is 12.3 Å². The average molecular weight is 354 g/mol. The molecule has 4 heteroatoms. The minimum atomic E-state index is -0.339. The van der Waals surface area contributed by atoms with Crippen LogP contribution in [0.1, 0.15) is 65.9 Å². The van der Waals surface area contributed by atoms with Gasteiger partial charge in [-0.1, -0.05) is 77.8 Å². The molecule has 0 radical (unpaired) electrons. The first-order chi connectivity index (χ1) is 11.4. The van der Waals surface area contributed by atoms with Gasteiger partial charge in [0.05, 0.1) is 0 Å². The molecule has 0 saturated heterocycles. The van der Waals surface area contributed by atoms with Gasteiger partial charge in [-0.05, 0) is 24.2 Å². The van der Waals surface area contributed by atoms with Crippen LogP contribution in [0.3, 0.4) is 0 Å². The fourth-order valence-corrected chi connectivity index (χ4v) is 2.53. The van der Waals surface area contributed by atoms with Crippen molar-refractivity contribution in [1.82, 2.24) is 5.32 Å². The summed E-state index contributed by atoms with van der Waals surface area (Å²) in [4.78, 5) is 11.5. The molecule has 0 fully saturated rings. The van der Waals surface area contributed by atoms with Gasteiger partial charge >= 0.3 is 6.09 Å². The first kappa shape index (κ1) is 22.8. The Morgan fingerprint density at radius 3 is 2.29 bits per heavy atom. The van der Waals surface area contributed by atoms with Crippen LogP contribution in [0, 0.1) is 0 Å². The molecule has 1 amide bonds. The third-order valence-electron chi connectivity index (χ3n) is 3.65. The first-order valence-corrected chi connectivity index (χ1v) is 10.0. The summed E-state index contributed by atoms with van der Waals surface area (Å²) in [6.45, 7) is 12.1. The van der Waals surface area contributed by atoms with Crippen LogP contribution >= 0.6 is 11.8 Å². The van der Waals surface area contributed by atoms with E-state index in [1.54, 1.807) is 0 Å². The lowest BCUT2D eigenvalue weighted by atomic mass is 10.1. The van der Waals surface area contributed by atoms with Crippen molar-refractivity contribution in [2.24, 2.45) is 0 Å². The fraction of sp³-hybridized carbons (Fsp3) is 0.650. The third kappa shape index (κ3) is 13.3. The van der Waals surface area contributed by atoms with Gasteiger partial charge in [-0.2, -0.15) is 11.8 Å². The van der Waals surface area contributed by atoms with Gasteiger partial charge < -0.3 is 10.1 Å². The van der Waals surface area contributed by atoms with E-state index in [0.717, 1.165) is 24.2 Å². The number of unbranched alkanes of at least 4 members (excludes halogenated alkanes) is 1. The van der Waals surface area contributed by atoms with E-state index in [2.05, 4.69) is 39.9 Å². The summed E-state index contributed by atoms with van der Waals surface area (Å²) in [6.07, 6.45) is 4.42. The molecule has 0 spiro atoms. The van der Waals surface area contributed by atoms with Gasteiger partial charge in [-0.25, -0.2) is 4.79 Å². The first-order valence-electron chi connectivity index (χ1n) is 9.03. The van der Waals surface area contributed by atoms with Gasteiger partial charge in [0.2, 0.25) is 0 Å². The molecule has 0 aliphatic rings. The highest BCUT2D eigenvalue weighted by atomic mass is 32.2. The van der Waals surface area contributed by atoms with Gasteiger partial charge in [0.1, 0.15) is 6.61 Å². The predicted molar refractivity (Wildman–Crippen MR) is 107 cm³/mol. The number of rotatable bonds is 9. The molecule has 1 aromatic rings. The smallest absolute Gasteiger partial charge is 0.407 e. The van der Waals surface area contributed by atoms with E-state index >= 15 is 0 Å². The zero-order valence-electron chi connectivity index (χ0n) is 16.1. The molecule has 1 aromatic carbocycles. The summed E-state index contributed by atoms with van der Waals surface area (Å²) in [7, 11) is 0. The van der Waals surface area contributed by atoms with E-state index < -0.39 is 0 Å². The quantitative estimate of drug-likeness (QED) is 0.551. The van der Waals surface area contributed by atoms with Crippen LogP contribution in [-0.2, 0) is 11.3 Å². The Morgan fingerprint density at radius 2 is 1.75 bits per heavy atom. The van der Waals surface area contributed by atoms with Gasteiger partial charge in [0, 0.05) is 11.3 Å². The third-order valence-corrected chi connectivity index (χ3v) is 5.21. The van der Waals surface area contributed by atoms with Crippen LogP contribution in [-0.4, -0.2) is 23.1 Å².